The molecule has 0 aliphatic carbocycles. The van der Waals surface area contributed by atoms with Gasteiger partial charge in [-0.05, 0) is 25.3 Å². The van der Waals surface area contributed by atoms with Crippen LogP contribution in [0.15, 0.2) is 30.3 Å². The zero-order valence-corrected chi connectivity index (χ0v) is 11.4. The molecule has 1 rings (SSSR count). The molecule has 1 N–H and O–H groups in total. The van der Waals surface area contributed by atoms with Crippen LogP contribution >= 0.6 is 0 Å². The first-order chi connectivity index (χ1) is 9.22. The molecule has 0 aromatic heterocycles. The summed E-state index contributed by atoms with van der Waals surface area (Å²) < 4.78 is 10.2. The summed E-state index contributed by atoms with van der Waals surface area (Å²) in [6.45, 7) is 2.97. The molecule has 0 bridgehead atoms. The zero-order chi connectivity index (χ0) is 13.9. The number of carbonyl (C=O) groups excluding carboxylic acids is 1. The molecule has 0 aliphatic heterocycles. The third-order valence-electron chi connectivity index (χ3n) is 2.65. The van der Waals surface area contributed by atoms with Crippen LogP contribution in [-0.4, -0.2) is 30.4 Å². The molecule has 0 fully saturated rings. The third-order valence-corrected chi connectivity index (χ3v) is 2.65. The Morgan fingerprint density at radius 2 is 2.05 bits per heavy atom. The van der Waals surface area contributed by atoms with E-state index in [0.717, 1.165) is 5.56 Å². The lowest BCUT2D eigenvalue weighted by molar-refractivity contribution is -0.143. The molecule has 0 heterocycles. The van der Waals surface area contributed by atoms with Gasteiger partial charge >= 0.3 is 5.97 Å². The molecule has 0 aliphatic rings. The normalized spacial score (nSPS) is 12.1. The maximum Gasteiger partial charge on any atom is 0.305 e. The third kappa shape index (κ3) is 7.59. The Balaban J connectivity index is 2.05. The van der Waals surface area contributed by atoms with Crippen molar-refractivity contribution in [2.75, 3.05) is 13.2 Å². The molecule has 1 unspecified atom stereocenters. The van der Waals surface area contributed by atoms with E-state index in [-0.39, 0.29) is 12.6 Å². The fourth-order valence-corrected chi connectivity index (χ4v) is 1.69. The number of rotatable bonds is 9. The molecule has 0 spiro atoms. The highest BCUT2D eigenvalue weighted by molar-refractivity contribution is 5.69. The Hall–Kier alpha value is -1.39. The predicted molar refractivity (Wildman–Crippen MR) is 72.6 cm³/mol. The van der Waals surface area contributed by atoms with Gasteiger partial charge in [-0.3, -0.25) is 4.79 Å². The second-order valence-electron chi connectivity index (χ2n) is 4.35. The van der Waals surface area contributed by atoms with Crippen molar-refractivity contribution in [1.29, 1.82) is 0 Å². The molecule has 1 atom stereocenters. The smallest absolute Gasteiger partial charge is 0.305 e. The number of hydrogen-bond donors (Lipinski definition) is 1. The summed E-state index contributed by atoms with van der Waals surface area (Å²) >= 11 is 0. The van der Waals surface area contributed by atoms with E-state index in [4.69, 9.17) is 9.47 Å². The minimum atomic E-state index is -0.530. The van der Waals surface area contributed by atoms with E-state index in [2.05, 4.69) is 0 Å². The molecule has 106 valence electrons. The number of esters is 1. The maximum absolute atomic E-state index is 11.1. The quantitative estimate of drug-likeness (QED) is 0.697. The van der Waals surface area contributed by atoms with E-state index in [1.165, 1.54) is 0 Å². The van der Waals surface area contributed by atoms with Gasteiger partial charge in [0.25, 0.3) is 0 Å². The topological polar surface area (TPSA) is 55.8 Å². The average Bonchev–Trinajstić information content (AvgIpc) is 2.40. The predicted octanol–water partition coefficient (Wildman–Crippen LogP) is 2.30. The Labute approximate surface area is 114 Å². The summed E-state index contributed by atoms with van der Waals surface area (Å²) in [4.78, 5) is 11.1. The van der Waals surface area contributed by atoms with Crippen LogP contribution in [0.3, 0.4) is 0 Å². The van der Waals surface area contributed by atoms with Crippen molar-refractivity contribution >= 4 is 5.97 Å². The number of aliphatic hydroxyl groups is 1. The van der Waals surface area contributed by atoms with Crippen molar-refractivity contribution in [2.45, 2.75) is 38.9 Å². The monoisotopic (exact) mass is 266 g/mol. The van der Waals surface area contributed by atoms with Crippen LogP contribution < -0.4 is 0 Å². The van der Waals surface area contributed by atoms with Gasteiger partial charge in [0.2, 0.25) is 0 Å². The molecule has 1 aromatic carbocycles. The van der Waals surface area contributed by atoms with Gasteiger partial charge in [-0.2, -0.15) is 0 Å². The molecule has 4 nitrogen and oxygen atoms in total. The highest BCUT2D eigenvalue weighted by Crippen LogP contribution is 2.05. The van der Waals surface area contributed by atoms with Crippen LogP contribution in [0.1, 0.15) is 31.7 Å². The van der Waals surface area contributed by atoms with Crippen molar-refractivity contribution in [2.24, 2.45) is 0 Å². The van der Waals surface area contributed by atoms with Crippen LogP contribution in [-0.2, 0) is 20.9 Å². The molecular formula is C15H22O4. The van der Waals surface area contributed by atoms with E-state index in [0.29, 0.717) is 32.5 Å². The first-order valence-corrected chi connectivity index (χ1v) is 6.67. The first kappa shape index (κ1) is 15.7. The van der Waals surface area contributed by atoms with Crippen LogP contribution in [0.2, 0.25) is 0 Å². The minimum absolute atomic E-state index is 0.208. The number of ether oxygens (including phenoxy) is 2. The summed E-state index contributed by atoms with van der Waals surface area (Å²) in [5, 5.41) is 9.69. The molecule has 0 radical (unpaired) electrons. The summed E-state index contributed by atoms with van der Waals surface area (Å²) in [5.74, 6) is -0.208. The number of carbonyl (C=O) groups is 1. The Bertz CT molecular complexity index is 350. The lowest BCUT2D eigenvalue weighted by Gasteiger charge is -2.11. The first-order valence-electron chi connectivity index (χ1n) is 6.67. The van der Waals surface area contributed by atoms with E-state index >= 15 is 0 Å². The summed E-state index contributed by atoms with van der Waals surface area (Å²) in [6, 6.07) is 9.82. The van der Waals surface area contributed by atoms with Gasteiger partial charge in [-0.1, -0.05) is 30.3 Å². The molecular weight excluding hydrogens is 244 g/mol. The second-order valence-corrected chi connectivity index (χ2v) is 4.35. The van der Waals surface area contributed by atoms with Gasteiger partial charge in [-0.15, -0.1) is 0 Å². The van der Waals surface area contributed by atoms with Gasteiger partial charge in [-0.25, -0.2) is 0 Å². The molecule has 4 heteroatoms. The fraction of sp³-hybridized carbons (Fsp3) is 0.533. The van der Waals surface area contributed by atoms with Gasteiger partial charge in [0.15, 0.2) is 0 Å². The average molecular weight is 266 g/mol. The molecule has 19 heavy (non-hydrogen) atoms. The van der Waals surface area contributed by atoms with Crippen LogP contribution in [0.4, 0.5) is 0 Å². The highest BCUT2D eigenvalue weighted by atomic mass is 16.5. The number of benzene rings is 1. The largest absolute Gasteiger partial charge is 0.466 e. The van der Waals surface area contributed by atoms with Crippen LogP contribution in [0.5, 0.6) is 0 Å². The minimum Gasteiger partial charge on any atom is -0.466 e. The highest BCUT2D eigenvalue weighted by Gasteiger charge is 2.07. The molecule has 0 saturated carbocycles. The van der Waals surface area contributed by atoms with Gasteiger partial charge in [0.05, 0.1) is 25.9 Å². The van der Waals surface area contributed by atoms with Crippen molar-refractivity contribution in [1.82, 2.24) is 0 Å². The van der Waals surface area contributed by atoms with E-state index in [1.807, 2.05) is 30.3 Å². The van der Waals surface area contributed by atoms with Gasteiger partial charge in [0.1, 0.15) is 0 Å². The summed E-state index contributed by atoms with van der Waals surface area (Å²) in [6.07, 6.45) is 0.990. The Morgan fingerprint density at radius 1 is 1.32 bits per heavy atom. The standard InChI is InChI=1S/C15H22O4/c1-2-19-15(17)10-6-9-14(16)12-18-11-13-7-4-3-5-8-13/h3-5,7-8,14,16H,2,6,9-12H2,1H3. The SMILES string of the molecule is CCOC(=O)CCCC(O)COCc1ccccc1. The van der Waals surface area contributed by atoms with Crippen molar-refractivity contribution in [3.05, 3.63) is 35.9 Å². The van der Waals surface area contributed by atoms with Crippen molar-refractivity contribution < 1.29 is 19.4 Å². The lowest BCUT2D eigenvalue weighted by atomic mass is 10.1. The van der Waals surface area contributed by atoms with Gasteiger partial charge < -0.3 is 14.6 Å². The zero-order valence-electron chi connectivity index (χ0n) is 11.4. The molecule has 0 amide bonds. The molecule has 0 saturated heterocycles. The van der Waals surface area contributed by atoms with E-state index in [9.17, 15) is 9.90 Å². The van der Waals surface area contributed by atoms with Gasteiger partial charge in [0, 0.05) is 6.42 Å². The maximum atomic E-state index is 11.1. The van der Waals surface area contributed by atoms with Crippen LogP contribution in [0, 0.1) is 0 Å². The second kappa shape index (κ2) is 9.53. The number of hydrogen-bond acceptors (Lipinski definition) is 4. The van der Waals surface area contributed by atoms with Crippen LogP contribution in [0.25, 0.3) is 0 Å². The lowest BCUT2D eigenvalue weighted by Crippen LogP contribution is -2.16. The van der Waals surface area contributed by atoms with Crippen molar-refractivity contribution in [3.8, 4) is 0 Å². The van der Waals surface area contributed by atoms with E-state index < -0.39 is 6.10 Å². The summed E-state index contributed by atoms with van der Waals surface area (Å²) in [5.41, 5.74) is 1.08. The van der Waals surface area contributed by atoms with Crippen molar-refractivity contribution in [3.63, 3.8) is 0 Å². The Morgan fingerprint density at radius 3 is 2.74 bits per heavy atom. The summed E-state index contributed by atoms with van der Waals surface area (Å²) in [7, 11) is 0. The molecule has 1 aromatic rings. The number of aliphatic hydroxyl groups excluding tert-OH is 1. The Kier molecular flexibility index (Phi) is 7.86. The fourth-order valence-electron chi connectivity index (χ4n) is 1.69. The van der Waals surface area contributed by atoms with E-state index in [1.54, 1.807) is 6.92 Å².